The minimum absolute atomic E-state index is 0.116. The Kier molecular flexibility index (Phi) is 4.78. The molecule has 0 aromatic rings. The molecule has 1 aliphatic carbocycles. The van der Waals surface area contributed by atoms with Gasteiger partial charge in [0.05, 0.1) is 6.54 Å². The van der Waals surface area contributed by atoms with Crippen LogP contribution in [0.4, 0.5) is 0 Å². The van der Waals surface area contributed by atoms with E-state index in [9.17, 15) is 4.79 Å². The Morgan fingerprint density at radius 3 is 2.56 bits per heavy atom. The van der Waals surface area contributed by atoms with Crippen LogP contribution < -0.4 is 10.6 Å². The van der Waals surface area contributed by atoms with E-state index < -0.39 is 0 Å². The van der Waals surface area contributed by atoms with Crippen LogP contribution in [-0.2, 0) is 4.79 Å². The van der Waals surface area contributed by atoms with E-state index in [0.29, 0.717) is 12.6 Å². The van der Waals surface area contributed by atoms with Crippen molar-refractivity contribution in [2.75, 3.05) is 6.54 Å². The monoisotopic (exact) mass is 226 g/mol. The molecule has 1 saturated carbocycles. The zero-order chi connectivity index (χ0) is 12.2. The fourth-order valence-corrected chi connectivity index (χ4v) is 2.09. The first kappa shape index (κ1) is 13.5. The molecule has 94 valence electrons. The van der Waals surface area contributed by atoms with Gasteiger partial charge in [-0.3, -0.25) is 4.79 Å². The molecule has 0 spiro atoms. The SMILES string of the molecule is CCCC(C)NC(=O)CNC(C)(C)C1CC1. The molecule has 3 heteroatoms. The maximum Gasteiger partial charge on any atom is 0.234 e. The van der Waals surface area contributed by atoms with Gasteiger partial charge in [0.15, 0.2) is 0 Å². The number of carbonyl (C=O) groups is 1. The summed E-state index contributed by atoms with van der Waals surface area (Å²) in [6.07, 6.45) is 4.77. The molecule has 2 N–H and O–H groups in total. The minimum Gasteiger partial charge on any atom is -0.353 e. The Bertz CT molecular complexity index is 234. The molecule has 16 heavy (non-hydrogen) atoms. The predicted octanol–water partition coefficient (Wildman–Crippen LogP) is 2.07. The molecular formula is C13H26N2O. The minimum atomic E-state index is 0.116. The summed E-state index contributed by atoms with van der Waals surface area (Å²) in [4.78, 5) is 11.6. The molecule has 0 aliphatic heterocycles. The van der Waals surface area contributed by atoms with Gasteiger partial charge in [0.2, 0.25) is 5.91 Å². The van der Waals surface area contributed by atoms with Crippen molar-refractivity contribution in [3.05, 3.63) is 0 Å². The zero-order valence-electron chi connectivity index (χ0n) is 11.1. The lowest BCUT2D eigenvalue weighted by Crippen LogP contribution is -2.48. The van der Waals surface area contributed by atoms with E-state index in [-0.39, 0.29) is 11.4 Å². The molecule has 1 unspecified atom stereocenters. The van der Waals surface area contributed by atoms with Crippen LogP contribution in [0.3, 0.4) is 0 Å². The molecule has 1 rings (SSSR count). The van der Waals surface area contributed by atoms with Crippen LogP contribution >= 0.6 is 0 Å². The Balaban J connectivity index is 2.19. The molecule has 3 nitrogen and oxygen atoms in total. The second kappa shape index (κ2) is 5.67. The van der Waals surface area contributed by atoms with E-state index in [2.05, 4.69) is 38.3 Å². The average Bonchev–Trinajstić information content (AvgIpc) is 2.98. The third kappa shape index (κ3) is 4.52. The van der Waals surface area contributed by atoms with Crippen LogP contribution in [0.2, 0.25) is 0 Å². The average molecular weight is 226 g/mol. The van der Waals surface area contributed by atoms with Crippen molar-refractivity contribution in [1.29, 1.82) is 0 Å². The van der Waals surface area contributed by atoms with Crippen LogP contribution in [0, 0.1) is 5.92 Å². The summed E-state index contributed by atoms with van der Waals surface area (Å²) in [5.74, 6) is 0.878. The van der Waals surface area contributed by atoms with Crippen molar-refractivity contribution in [2.45, 2.75) is 65.0 Å². The Labute approximate surface area is 99.4 Å². The summed E-state index contributed by atoms with van der Waals surface area (Å²) in [7, 11) is 0. The highest BCUT2D eigenvalue weighted by atomic mass is 16.1. The molecule has 1 fully saturated rings. The lowest BCUT2D eigenvalue weighted by atomic mass is 9.99. The number of amides is 1. The Morgan fingerprint density at radius 2 is 2.06 bits per heavy atom. The number of carbonyl (C=O) groups excluding carboxylic acids is 1. The van der Waals surface area contributed by atoms with Gasteiger partial charge >= 0.3 is 0 Å². The van der Waals surface area contributed by atoms with Gasteiger partial charge in [-0.05, 0) is 46.0 Å². The van der Waals surface area contributed by atoms with Crippen molar-refractivity contribution in [2.24, 2.45) is 5.92 Å². The molecule has 0 aromatic heterocycles. The van der Waals surface area contributed by atoms with Crippen LogP contribution in [0.15, 0.2) is 0 Å². The molecule has 1 aliphatic rings. The first-order valence-electron chi connectivity index (χ1n) is 6.50. The molecular weight excluding hydrogens is 200 g/mol. The Morgan fingerprint density at radius 1 is 1.44 bits per heavy atom. The van der Waals surface area contributed by atoms with Gasteiger partial charge in [0.1, 0.15) is 0 Å². The van der Waals surface area contributed by atoms with Gasteiger partial charge in [-0.1, -0.05) is 13.3 Å². The van der Waals surface area contributed by atoms with Gasteiger partial charge in [-0.15, -0.1) is 0 Å². The molecule has 1 amide bonds. The summed E-state index contributed by atoms with van der Waals surface area (Å²) in [5.41, 5.74) is 0.116. The third-order valence-corrected chi connectivity index (χ3v) is 3.43. The molecule has 1 atom stereocenters. The van der Waals surface area contributed by atoms with E-state index >= 15 is 0 Å². The van der Waals surface area contributed by atoms with Crippen molar-refractivity contribution < 1.29 is 4.79 Å². The lowest BCUT2D eigenvalue weighted by molar-refractivity contribution is -0.121. The van der Waals surface area contributed by atoms with E-state index in [1.54, 1.807) is 0 Å². The maximum atomic E-state index is 11.6. The van der Waals surface area contributed by atoms with Gasteiger partial charge in [-0.2, -0.15) is 0 Å². The number of hydrogen-bond donors (Lipinski definition) is 2. The number of rotatable bonds is 7. The maximum absolute atomic E-state index is 11.6. The van der Waals surface area contributed by atoms with Gasteiger partial charge < -0.3 is 10.6 Å². The van der Waals surface area contributed by atoms with E-state index in [4.69, 9.17) is 0 Å². The topological polar surface area (TPSA) is 41.1 Å². The highest BCUT2D eigenvalue weighted by Gasteiger charge is 2.37. The van der Waals surface area contributed by atoms with Gasteiger partial charge in [-0.25, -0.2) is 0 Å². The predicted molar refractivity (Wildman–Crippen MR) is 67.3 cm³/mol. The molecule has 0 radical (unpaired) electrons. The molecule has 0 heterocycles. The van der Waals surface area contributed by atoms with E-state index in [0.717, 1.165) is 18.8 Å². The first-order valence-corrected chi connectivity index (χ1v) is 6.50. The fraction of sp³-hybridized carbons (Fsp3) is 0.923. The molecule has 0 aromatic carbocycles. The van der Waals surface area contributed by atoms with Gasteiger partial charge in [0, 0.05) is 11.6 Å². The van der Waals surface area contributed by atoms with Crippen molar-refractivity contribution >= 4 is 5.91 Å². The number of nitrogens with one attached hydrogen (secondary N) is 2. The second-order valence-electron chi connectivity index (χ2n) is 5.61. The fourth-order valence-electron chi connectivity index (χ4n) is 2.09. The van der Waals surface area contributed by atoms with Gasteiger partial charge in [0.25, 0.3) is 0 Å². The van der Waals surface area contributed by atoms with Crippen LogP contribution in [0.5, 0.6) is 0 Å². The van der Waals surface area contributed by atoms with Crippen LogP contribution in [0.25, 0.3) is 0 Å². The lowest BCUT2D eigenvalue weighted by Gasteiger charge is -2.26. The summed E-state index contributed by atoms with van der Waals surface area (Å²) in [6.45, 7) is 9.02. The standard InChI is InChI=1S/C13H26N2O/c1-5-6-10(2)15-12(16)9-14-13(3,4)11-7-8-11/h10-11,14H,5-9H2,1-4H3,(H,15,16). The summed E-state index contributed by atoms with van der Waals surface area (Å²) >= 11 is 0. The number of hydrogen-bond acceptors (Lipinski definition) is 2. The third-order valence-electron chi connectivity index (χ3n) is 3.43. The molecule has 0 bridgehead atoms. The van der Waals surface area contributed by atoms with Crippen LogP contribution in [0.1, 0.15) is 53.4 Å². The Hall–Kier alpha value is -0.570. The quantitative estimate of drug-likeness (QED) is 0.698. The first-order chi connectivity index (χ1) is 7.45. The normalized spacial score (nSPS) is 18.2. The highest BCUT2D eigenvalue weighted by Crippen LogP contribution is 2.38. The van der Waals surface area contributed by atoms with Crippen molar-refractivity contribution in [3.8, 4) is 0 Å². The van der Waals surface area contributed by atoms with E-state index in [1.807, 2.05) is 0 Å². The van der Waals surface area contributed by atoms with Crippen LogP contribution in [-0.4, -0.2) is 24.0 Å². The van der Waals surface area contributed by atoms with E-state index in [1.165, 1.54) is 12.8 Å². The van der Waals surface area contributed by atoms with Crippen molar-refractivity contribution in [1.82, 2.24) is 10.6 Å². The summed E-state index contributed by atoms with van der Waals surface area (Å²) < 4.78 is 0. The zero-order valence-corrected chi connectivity index (χ0v) is 11.1. The second-order valence-corrected chi connectivity index (χ2v) is 5.61. The summed E-state index contributed by atoms with van der Waals surface area (Å²) in [5, 5.41) is 6.37. The summed E-state index contributed by atoms with van der Waals surface area (Å²) in [6, 6.07) is 0.295. The van der Waals surface area contributed by atoms with Crippen molar-refractivity contribution in [3.63, 3.8) is 0 Å². The largest absolute Gasteiger partial charge is 0.353 e. The smallest absolute Gasteiger partial charge is 0.234 e. The molecule has 0 saturated heterocycles. The highest BCUT2D eigenvalue weighted by molar-refractivity contribution is 5.78.